The molecule has 0 N–H and O–H groups in total. The summed E-state index contributed by atoms with van der Waals surface area (Å²) in [5, 5.41) is 0. The highest BCUT2D eigenvalue weighted by Crippen LogP contribution is 2.45. The Balaban J connectivity index is 1.58. The van der Waals surface area contributed by atoms with E-state index in [2.05, 4.69) is 6.08 Å². The van der Waals surface area contributed by atoms with Crippen LogP contribution in [0.25, 0.3) is 0 Å². The Morgan fingerprint density at radius 1 is 1.22 bits per heavy atom. The van der Waals surface area contributed by atoms with Crippen LogP contribution in [-0.4, -0.2) is 5.97 Å². The van der Waals surface area contributed by atoms with Gasteiger partial charge in [0.05, 0.1) is 5.92 Å². The first kappa shape index (κ1) is 11.5. The number of benzene rings is 1. The van der Waals surface area contributed by atoms with E-state index in [1.54, 1.807) is 0 Å². The molecule has 2 aliphatic rings. The average Bonchev–Trinajstić information content (AvgIpc) is 2.38. The molecule has 0 aromatic heterocycles. The molecule has 1 saturated carbocycles. The van der Waals surface area contributed by atoms with E-state index in [1.165, 1.54) is 12.8 Å². The molecule has 2 aliphatic carbocycles. The van der Waals surface area contributed by atoms with Crippen molar-refractivity contribution in [1.29, 1.82) is 0 Å². The number of rotatable bonds is 3. The van der Waals surface area contributed by atoms with Gasteiger partial charge in [0.1, 0.15) is 6.61 Å². The predicted octanol–water partition coefficient (Wildman–Crippen LogP) is 3.33. The third kappa shape index (κ3) is 2.20. The lowest BCUT2D eigenvalue weighted by atomic mass is 9.63. The number of hydrogen-bond acceptors (Lipinski definition) is 2. The summed E-state index contributed by atoms with van der Waals surface area (Å²) in [6, 6.07) is 9.86. The van der Waals surface area contributed by atoms with Crippen molar-refractivity contribution in [3.05, 3.63) is 48.0 Å². The van der Waals surface area contributed by atoms with Gasteiger partial charge in [-0.1, -0.05) is 42.5 Å². The zero-order chi connectivity index (χ0) is 12.4. The number of carbonyl (C=O) groups is 1. The van der Waals surface area contributed by atoms with Crippen LogP contribution in [0.2, 0.25) is 0 Å². The van der Waals surface area contributed by atoms with E-state index in [9.17, 15) is 4.79 Å². The lowest BCUT2D eigenvalue weighted by molar-refractivity contribution is -0.152. The molecule has 0 radical (unpaired) electrons. The second kappa shape index (κ2) is 4.97. The molecule has 2 nitrogen and oxygen atoms in total. The Kier molecular flexibility index (Phi) is 3.18. The van der Waals surface area contributed by atoms with E-state index in [1.807, 2.05) is 36.4 Å². The monoisotopic (exact) mass is 242 g/mol. The van der Waals surface area contributed by atoms with Crippen molar-refractivity contribution in [3.63, 3.8) is 0 Å². The normalized spacial score (nSPS) is 29.2. The van der Waals surface area contributed by atoms with Gasteiger partial charge in [-0.3, -0.25) is 4.79 Å². The van der Waals surface area contributed by atoms with Crippen molar-refractivity contribution in [1.82, 2.24) is 0 Å². The van der Waals surface area contributed by atoms with Crippen LogP contribution < -0.4 is 0 Å². The standard InChI is InChI=1S/C16H18O2/c17-16(18-11-12-5-2-1-3-6-12)15-8-4-7-13-9-10-14(13)15/h1-6,8,13-15H,7,9-11H2. The fourth-order valence-corrected chi connectivity index (χ4v) is 2.98. The average molecular weight is 242 g/mol. The number of esters is 1. The highest BCUT2D eigenvalue weighted by molar-refractivity contribution is 5.75. The number of hydrogen-bond donors (Lipinski definition) is 0. The van der Waals surface area contributed by atoms with Crippen LogP contribution >= 0.6 is 0 Å². The molecule has 1 aromatic rings. The first-order valence-corrected chi connectivity index (χ1v) is 6.72. The lowest BCUT2D eigenvalue weighted by Crippen LogP contribution is -2.38. The first-order valence-electron chi connectivity index (χ1n) is 6.72. The molecule has 0 saturated heterocycles. The third-order valence-corrected chi connectivity index (χ3v) is 4.22. The number of fused-ring (bicyclic) bond motifs is 1. The summed E-state index contributed by atoms with van der Waals surface area (Å²) in [6.45, 7) is 0.390. The molecule has 0 aliphatic heterocycles. The van der Waals surface area contributed by atoms with Gasteiger partial charge in [0.2, 0.25) is 0 Å². The maximum atomic E-state index is 12.1. The van der Waals surface area contributed by atoms with Gasteiger partial charge < -0.3 is 4.74 Å². The van der Waals surface area contributed by atoms with E-state index in [4.69, 9.17) is 4.74 Å². The molecule has 94 valence electrons. The Morgan fingerprint density at radius 2 is 2.06 bits per heavy atom. The van der Waals surface area contributed by atoms with Crippen molar-refractivity contribution >= 4 is 5.97 Å². The number of carbonyl (C=O) groups excluding carboxylic acids is 1. The summed E-state index contributed by atoms with van der Waals surface area (Å²) < 4.78 is 5.43. The molecule has 0 amide bonds. The SMILES string of the molecule is O=C(OCc1ccccc1)C1C=CCC2CCC21. The van der Waals surface area contributed by atoms with Crippen LogP contribution in [0.3, 0.4) is 0 Å². The summed E-state index contributed by atoms with van der Waals surface area (Å²) >= 11 is 0. The molecule has 0 spiro atoms. The van der Waals surface area contributed by atoms with Gasteiger partial charge in [0.25, 0.3) is 0 Å². The molecular formula is C16H18O2. The molecule has 3 unspecified atom stereocenters. The first-order chi connectivity index (χ1) is 8.84. The minimum absolute atomic E-state index is 0.00112. The summed E-state index contributed by atoms with van der Waals surface area (Å²) in [6.07, 6.45) is 7.80. The Bertz CT molecular complexity index is 449. The van der Waals surface area contributed by atoms with E-state index in [-0.39, 0.29) is 11.9 Å². The van der Waals surface area contributed by atoms with Gasteiger partial charge in [-0.15, -0.1) is 0 Å². The molecule has 3 rings (SSSR count). The van der Waals surface area contributed by atoms with Crippen molar-refractivity contribution in [2.24, 2.45) is 17.8 Å². The fraction of sp³-hybridized carbons (Fsp3) is 0.438. The zero-order valence-electron chi connectivity index (χ0n) is 10.4. The van der Waals surface area contributed by atoms with E-state index < -0.39 is 0 Å². The molecule has 0 bridgehead atoms. The van der Waals surface area contributed by atoms with Gasteiger partial charge >= 0.3 is 5.97 Å². The molecular weight excluding hydrogens is 224 g/mol. The molecule has 3 atom stereocenters. The summed E-state index contributed by atoms with van der Waals surface area (Å²) in [5.74, 6) is 1.22. The maximum absolute atomic E-state index is 12.1. The quantitative estimate of drug-likeness (QED) is 0.600. The fourth-order valence-electron chi connectivity index (χ4n) is 2.98. The van der Waals surface area contributed by atoms with Gasteiger partial charge in [-0.25, -0.2) is 0 Å². The van der Waals surface area contributed by atoms with Crippen LogP contribution in [-0.2, 0) is 16.1 Å². The molecule has 1 fully saturated rings. The molecule has 1 aromatic carbocycles. The minimum atomic E-state index is -0.0514. The highest BCUT2D eigenvalue weighted by atomic mass is 16.5. The van der Waals surface area contributed by atoms with E-state index in [0.717, 1.165) is 17.9 Å². The maximum Gasteiger partial charge on any atom is 0.313 e. The van der Waals surface area contributed by atoms with E-state index >= 15 is 0 Å². The second-order valence-electron chi connectivity index (χ2n) is 5.28. The topological polar surface area (TPSA) is 26.3 Å². The van der Waals surface area contributed by atoms with Crippen LogP contribution in [0.1, 0.15) is 24.8 Å². The summed E-state index contributed by atoms with van der Waals surface area (Å²) in [5.41, 5.74) is 1.05. The van der Waals surface area contributed by atoms with Gasteiger partial charge in [-0.2, -0.15) is 0 Å². The van der Waals surface area contributed by atoms with Crippen LogP contribution in [0.15, 0.2) is 42.5 Å². The lowest BCUT2D eigenvalue weighted by Gasteiger charge is -2.42. The third-order valence-electron chi connectivity index (χ3n) is 4.22. The van der Waals surface area contributed by atoms with Crippen molar-refractivity contribution in [3.8, 4) is 0 Å². The smallest absolute Gasteiger partial charge is 0.313 e. The highest BCUT2D eigenvalue weighted by Gasteiger charge is 2.41. The molecule has 2 heteroatoms. The van der Waals surface area contributed by atoms with Gasteiger partial charge in [-0.05, 0) is 36.7 Å². The predicted molar refractivity (Wildman–Crippen MR) is 69.7 cm³/mol. The number of allylic oxidation sites excluding steroid dienone is 1. The van der Waals surface area contributed by atoms with Crippen molar-refractivity contribution in [2.75, 3.05) is 0 Å². The van der Waals surface area contributed by atoms with E-state index in [0.29, 0.717) is 12.5 Å². The van der Waals surface area contributed by atoms with Crippen molar-refractivity contribution < 1.29 is 9.53 Å². The van der Waals surface area contributed by atoms with Gasteiger partial charge in [0, 0.05) is 0 Å². The van der Waals surface area contributed by atoms with Crippen LogP contribution in [0.4, 0.5) is 0 Å². The number of ether oxygens (including phenoxy) is 1. The Hall–Kier alpha value is -1.57. The minimum Gasteiger partial charge on any atom is -0.460 e. The largest absolute Gasteiger partial charge is 0.460 e. The molecule has 18 heavy (non-hydrogen) atoms. The van der Waals surface area contributed by atoms with Crippen LogP contribution in [0, 0.1) is 17.8 Å². The molecule has 0 heterocycles. The Morgan fingerprint density at radius 3 is 2.78 bits per heavy atom. The summed E-state index contributed by atoms with van der Waals surface area (Å²) in [4.78, 5) is 12.1. The van der Waals surface area contributed by atoms with Crippen molar-refractivity contribution in [2.45, 2.75) is 25.9 Å². The zero-order valence-corrected chi connectivity index (χ0v) is 10.4. The summed E-state index contributed by atoms with van der Waals surface area (Å²) in [7, 11) is 0. The Labute approximate surface area is 108 Å². The van der Waals surface area contributed by atoms with Gasteiger partial charge in [0.15, 0.2) is 0 Å². The van der Waals surface area contributed by atoms with Crippen LogP contribution in [0.5, 0.6) is 0 Å². The second-order valence-corrected chi connectivity index (χ2v) is 5.28.